The highest BCUT2D eigenvalue weighted by molar-refractivity contribution is 14.1. The molecule has 0 fully saturated rings. The Morgan fingerprint density at radius 3 is 2.61 bits per heavy atom. The highest BCUT2D eigenvalue weighted by Gasteiger charge is 2.18. The van der Waals surface area contributed by atoms with Gasteiger partial charge in [-0.1, -0.05) is 0 Å². The molecule has 0 aliphatic rings. The van der Waals surface area contributed by atoms with Crippen LogP contribution in [0.15, 0.2) is 21.5 Å². The molecule has 96 valence electrons. The summed E-state index contributed by atoms with van der Waals surface area (Å²) in [6, 6.07) is 1.39. The second-order valence-corrected chi connectivity index (χ2v) is 5.19. The summed E-state index contributed by atoms with van der Waals surface area (Å²) in [5.74, 6) is -0.889. The number of halogens is 1. The minimum Gasteiger partial charge on any atom is -0.504 e. The first-order valence-electron chi connectivity index (χ1n) is 5.24. The third-order valence-electron chi connectivity index (χ3n) is 2.30. The highest BCUT2D eigenvalue weighted by Crippen LogP contribution is 2.41. The number of rotatable bonds is 2. The molecule has 0 aliphatic heterocycles. The Bertz CT molecular complexity index is 660. The van der Waals surface area contributed by atoms with E-state index in [9.17, 15) is 15.0 Å². The van der Waals surface area contributed by atoms with Crippen LogP contribution in [0.2, 0.25) is 0 Å². The van der Waals surface area contributed by atoms with Gasteiger partial charge in [0.25, 0.3) is 0 Å². The zero-order chi connectivity index (χ0) is 13.4. The van der Waals surface area contributed by atoms with E-state index in [2.05, 4.69) is 0 Å². The molecule has 18 heavy (non-hydrogen) atoms. The Morgan fingerprint density at radius 2 is 2.00 bits per heavy atom. The molecule has 1 aromatic heterocycles. The standard InChI is InChI=1S/C12H11IO5/c1-5(2)18-8-3-7-9(12(16)11(8)15)10(14)6(13)4-17-7/h3-5,15-16H,1-2H3. The van der Waals surface area contributed by atoms with Crippen molar-refractivity contribution in [2.45, 2.75) is 20.0 Å². The largest absolute Gasteiger partial charge is 0.504 e. The minimum atomic E-state index is -0.518. The number of phenolic OH excluding ortho intramolecular Hbond substituents is 2. The van der Waals surface area contributed by atoms with E-state index in [1.165, 1.54) is 12.3 Å². The molecular formula is C12H11IO5. The van der Waals surface area contributed by atoms with E-state index < -0.39 is 11.5 Å². The molecule has 0 bridgehead atoms. The van der Waals surface area contributed by atoms with E-state index in [0.29, 0.717) is 3.57 Å². The average Bonchev–Trinajstić information content (AvgIpc) is 2.29. The van der Waals surface area contributed by atoms with Crippen LogP contribution < -0.4 is 10.2 Å². The summed E-state index contributed by atoms with van der Waals surface area (Å²) in [4.78, 5) is 11.9. The van der Waals surface area contributed by atoms with Crippen molar-refractivity contribution in [1.82, 2.24) is 0 Å². The van der Waals surface area contributed by atoms with Crippen LogP contribution in [0.1, 0.15) is 13.8 Å². The van der Waals surface area contributed by atoms with Gasteiger partial charge in [0.05, 0.1) is 9.67 Å². The monoisotopic (exact) mass is 362 g/mol. The summed E-state index contributed by atoms with van der Waals surface area (Å²) in [6.07, 6.45) is 1.12. The minimum absolute atomic E-state index is 0.0458. The number of benzene rings is 1. The number of aromatic hydroxyl groups is 2. The SMILES string of the molecule is CC(C)Oc1cc2occ(I)c(=O)c2c(O)c1O. The quantitative estimate of drug-likeness (QED) is 0.634. The molecule has 0 spiro atoms. The van der Waals surface area contributed by atoms with Gasteiger partial charge in [0.1, 0.15) is 17.2 Å². The van der Waals surface area contributed by atoms with E-state index >= 15 is 0 Å². The van der Waals surface area contributed by atoms with E-state index in [1.54, 1.807) is 36.4 Å². The van der Waals surface area contributed by atoms with Crippen LogP contribution in [0.25, 0.3) is 11.0 Å². The molecule has 0 amide bonds. The number of hydrogen-bond acceptors (Lipinski definition) is 5. The molecule has 2 aromatic rings. The molecule has 2 rings (SSSR count). The van der Waals surface area contributed by atoms with Crippen LogP contribution in [-0.2, 0) is 0 Å². The zero-order valence-corrected chi connectivity index (χ0v) is 11.9. The third-order valence-corrected chi connectivity index (χ3v) is 3.04. The molecule has 5 nitrogen and oxygen atoms in total. The lowest BCUT2D eigenvalue weighted by molar-refractivity contribution is 0.229. The lowest BCUT2D eigenvalue weighted by atomic mass is 10.2. The Balaban J connectivity index is 2.79. The van der Waals surface area contributed by atoms with E-state index in [0.717, 1.165) is 0 Å². The van der Waals surface area contributed by atoms with Crippen molar-refractivity contribution in [3.63, 3.8) is 0 Å². The van der Waals surface area contributed by atoms with Crippen molar-refractivity contribution in [1.29, 1.82) is 0 Å². The highest BCUT2D eigenvalue weighted by atomic mass is 127. The number of fused-ring (bicyclic) bond motifs is 1. The van der Waals surface area contributed by atoms with Crippen molar-refractivity contribution in [2.24, 2.45) is 0 Å². The van der Waals surface area contributed by atoms with Crippen molar-refractivity contribution in [3.05, 3.63) is 26.1 Å². The van der Waals surface area contributed by atoms with Crippen LogP contribution in [-0.4, -0.2) is 16.3 Å². The van der Waals surface area contributed by atoms with Gasteiger partial charge in [-0.15, -0.1) is 0 Å². The predicted octanol–water partition coefficient (Wildman–Crippen LogP) is 2.60. The molecule has 2 N–H and O–H groups in total. The molecule has 1 heterocycles. The molecule has 0 radical (unpaired) electrons. The summed E-state index contributed by atoms with van der Waals surface area (Å²) in [6.45, 7) is 3.57. The van der Waals surface area contributed by atoms with Gasteiger partial charge in [0, 0.05) is 6.07 Å². The summed E-state index contributed by atoms with van der Waals surface area (Å²) in [5.41, 5.74) is -0.216. The Morgan fingerprint density at radius 1 is 1.33 bits per heavy atom. The Kier molecular flexibility index (Phi) is 3.38. The second kappa shape index (κ2) is 4.68. The maximum Gasteiger partial charge on any atom is 0.209 e. The van der Waals surface area contributed by atoms with Gasteiger partial charge in [-0.25, -0.2) is 0 Å². The van der Waals surface area contributed by atoms with Gasteiger partial charge in [-0.2, -0.15) is 0 Å². The summed E-state index contributed by atoms with van der Waals surface area (Å²) >= 11 is 1.80. The molecule has 0 saturated carbocycles. The average molecular weight is 362 g/mol. The zero-order valence-electron chi connectivity index (χ0n) is 9.73. The molecule has 6 heteroatoms. The lowest BCUT2D eigenvalue weighted by Gasteiger charge is -2.13. The van der Waals surface area contributed by atoms with Gasteiger partial charge < -0.3 is 19.4 Å². The first-order valence-corrected chi connectivity index (χ1v) is 6.32. The lowest BCUT2D eigenvalue weighted by Crippen LogP contribution is -2.08. The fourth-order valence-electron chi connectivity index (χ4n) is 1.56. The van der Waals surface area contributed by atoms with E-state index in [-0.39, 0.29) is 28.3 Å². The van der Waals surface area contributed by atoms with Crippen LogP contribution in [0, 0.1) is 3.57 Å². The first-order chi connectivity index (χ1) is 8.41. The van der Waals surface area contributed by atoms with Crippen LogP contribution in [0.5, 0.6) is 17.2 Å². The van der Waals surface area contributed by atoms with Crippen LogP contribution in [0.3, 0.4) is 0 Å². The molecule has 0 atom stereocenters. The number of phenols is 2. The van der Waals surface area contributed by atoms with E-state index in [4.69, 9.17) is 9.15 Å². The summed E-state index contributed by atoms with van der Waals surface area (Å²) in [5, 5.41) is 19.6. The predicted molar refractivity (Wildman–Crippen MR) is 74.3 cm³/mol. The number of ether oxygens (including phenoxy) is 1. The molecule has 1 aromatic carbocycles. The van der Waals surface area contributed by atoms with Crippen LogP contribution in [0.4, 0.5) is 0 Å². The molecule has 0 saturated heterocycles. The Hall–Kier alpha value is -1.44. The maximum atomic E-state index is 11.9. The molecular weight excluding hydrogens is 351 g/mol. The van der Waals surface area contributed by atoms with Gasteiger partial charge in [0.2, 0.25) is 11.2 Å². The fourth-order valence-corrected chi connectivity index (χ4v) is 1.95. The van der Waals surface area contributed by atoms with Gasteiger partial charge in [-0.05, 0) is 36.4 Å². The first kappa shape index (κ1) is 13.0. The van der Waals surface area contributed by atoms with Gasteiger partial charge in [-0.3, -0.25) is 4.79 Å². The Labute approximate surface area is 116 Å². The van der Waals surface area contributed by atoms with Gasteiger partial charge in [0.15, 0.2) is 11.5 Å². The van der Waals surface area contributed by atoms with Crippen LogP contribution >= 0.6 is 22.6 Å². The van der Waals surface area contributed by atoms with Crippen molar-refractivity contribution < 1.29 is 19.4 Å². The molecule has 0 aliphatic carbocycles. The maximum absolute atomic E-state index is 11.9. The van der Waals surface area contributed by atoms with Crippen molar-refractivity contribution in [2.75, 3.05) is 0 Å². The molecule has 0 unspecified atom stereocenters. The smallest absolute Gasteiger partial charge is 0.209 e. The van der Waals surface area contributed by atoms with Gasteiger partial charge >= 0.3 is 0 Å². The normalized spacial score (nSPS) is 11.1. The summed E-state index contributed by atoms with van der Waals surface area (Å²) < 4.78 is 10.9. The van der Waals surface area contributed by atoms with E-state index in [1.807, 2.05) is 0 Å². The topological polar surface area (TPSA) is 79.9 Å². The fraction of sp³-hybridized carbons (Fsp3) is 0.250. The third kappa shape index (κ3) is 2.12. The van der Waals surface area contributed by atoms with Crippen molar-refractivity contribution >= 4 is 33.6 Å². The van der Waals surface area contributed by atoms with Crippen molar-refractivity contribution in [3.8, 4) is 17.2 Å². The number of hydrogen-bond donors (Lipinski definition) is 2. The second-order valence-electron chi connectivity index (χ2n) is 4.02. The summed E-state index contributed by atoms with van der Waals surface area (Å²) in [7, 11) is 0.